The summed E-state index contributed by atoms with van der Waals surface area (Å²) < 4.78 is 0. The summed E-state index contributed by atoms with van der Waals surface area (Å²) in [6.45, 7) is 0.995. The van der Waals surface area contributed by atoms with Gasteiger partial charge < -0.3 is 5.41 Å². The molecule has 2 heteroatoms. The van der Waals surface area contributed by atoms with Crippen LogP contribution in [0.15, 0.2) is 4.99 Å². The average Bonchev–Trinajstić information content (AvgIpc) is 2.46. The molecule has 0 aromatic rings. The zero-order valence-corrected chi connectivity index (χ0v) is 4.59. The Morgan fingerprint density at radius 2 is 2.62 bits per heavy atom. The summed E-state index contributed by atoms with van der Waals surface area (Å²) in [7, 11) is 0. The van der Waals surface area contributed by atoms with Gasteiger partial charge in [-0.1, -0.05) is 0 Å². The molecule has 0 saturated heterocycles. The van der Waals surface area contributed by atoms with Crippen molar-refractivity contribution in [1.82, 2.24) is 0 Å². The van der Waals surface area contributed by atoms with Gasteiger partial charge in [0.2, 0.25) is 0 Å². The van der Waals surface area contributed by atoms with Crippen LogP contribution >= 0.6 is 0 Å². The molecule has 0 bridgehead atoms. The number of nitrogens with one attached hydrogen (secondary N) is 1. The molecule has 1 saturated carbocycles. The number of aliphatic imine (C=N–C) groups is 1. The van der Waals surface area contributed by atoms with Crippen LogP contribution < -0.4 is 0 Å². The van der Waals surface area contributed by atoms with Crippen LogP contribution in [0.5, 0.6) is 0 Å². The van der Waals surface area contributed by atoms with Crippen molar-refractivity contribution < 1.29 is 0 Å². The summed E-state index contributed by atoms with van der Waals surface area (Å²) in [5, 5.41) is 6.90. The monoisotopic (exact) mass is 108 g/mol. The van der Waals surface area contributed by atoms with Gasteiger partial charge in [-0.2, -0.15) is 0 Å². The first kappa shape index (κ1) is 4.24. The molecule has 0 amide bonds. The molecule has 1 aliphatic carbocycles. The molecule has 0 radical (unpaired) electrons. The summed E-state index contributed by atoms with van der Waals surface area (Å²) in [6, 6.07) is 0. The maximum Gasteiger partial charge on any atom is 0.0558 e. The highest BCUT2D eigenvalue weighted by atomic mass is 14.9. The molecule has 2 atom stereocenters. The molecule has 42 valence electrons. The number of nitrogens with zero attached hydrogens (tertiary/aromatic N) is 1. The highest BCUT2D eigenvalue weighted by Gasteiger charge is 2.43. The van der Waals surface area contributed by atoms with Crippen molar-refractivity contribution in [2.24, 2.45) is 16.8 Å². The largest absolute Gasteiger partial charge is 0.307 e. The predicted octanol–water partition coefficient (Wildman–Crippen LogP) is 0.727. The van der Waals surface area contributed by atoms with E-state index in [-0.39, 0.29) is 0 Å². The molecule has 1 aliphatic heterocycles. The minimum Gasteiger partial charge on any atom is -0.307 e. The van der Waals surface area contributed by atoms with E-state index >= 15 is 0 Å². The van der Waals surface area contributed by atoms with Gasteiger partial charge in [0.15, 0.2) is 0 Å². The first-order valence-corrected chi connectivity index (χ1v) is 2.96. The molecule has 2 rings (SSSR count). The zero-order chi connectivity index (χ0) is 5.56. The van der Waals surface area contributed by atoms with Crippen LogP contribution in [0, 0.1) is 17.2 Å². The summed E-state index contributed by atoms with van der Waals surface area (Å²) >= 11 is 0. The SMILES string of the molecule is N=CC1=NC[C@H]2C[C@@H]12. The van der Waals surface area contributed by atoms with E-state index in [1.807, 2.05) is 0 Å². The van der Waals surface area contributed by atoms with E-state index in [1.54, 1.807) is 0 Å². The van der Waals surface area contributed by atoms with Crippen molar-refractivity contribution in [3.8, 4) is 0 Å². The summed E-state index contributed by atoms with van der Waals surface area (Å²) in [5.41, 5.74) is 1.04. The van der Waals surface area contributed by atoms with E-state index < -0.39 is 0 Å². The van der Waals surface area contributed by atoms with Crippen molar-refractivity contribution >= 4 is 11.9 Å². The van der Waals surface area contributed by atoms with Gasteiger partial charge in [0.05, 0.1) is 5.71 Å². The standard InChI is InChI=1S/C6H8N2/c7-2-6-5-1-4(5)3-8-6/h2,4-5,7H,1,3H2/t4-,5-/m1/s1. The lowest BCUT2D eigenvalue weighted by atomic mass is 10.3. The average molecular weight is 108 g/mol. The van der Waals surface area contributed by atoms with Gasteiger partial charge in [-0.25, -0.2) is 0 Å². The maximum atomic E-state index is 6.90. The van der Waals surface area contributed by atoms with E-state index in [0.717, 1.165) is 18.2 Å². The second-order valence-electron chi connectivity index (χ2n) is 2.51. The number of hydrogen-bond donors (Lipinski definition) is 1. The van der Waals surface area contributed by atoms with Crippen LogP contribution in [0.2, 0.25) is 0 Å². The summed E-state index contributed by atoms with van der Waals surface area (Å²) in [5.74, 6) is 1.54. The number of hydrogen-bond acceptors (Lipinski definition) is 2. The Labute approximate surface area is 48.1 Å². The van der Waals surface area contributed by atoms with Gasteiger partial charge in [0.25, 0.3) is 0 Å². The Kier molecular flexibility index (Phi) is 0.629. The van der Waals surface area contributed by atoms with Crippen LogP contribution in [-0.4, -0.2) is 18.5 Å². The quantitative estimate of drug-likeness (QED) is 0.481. The first-order valence-electron chi connectivity index (χ1n) is 2.96. The van der Waals surface area contributed by atoms with E-state index in [2.05, 4.69) is 4.99 Å². The smallest absolute Gasteiger partial charge is 0.0558 e. The van der Waals surface area contributed by atoms with Crippen molar-refractivity contribution in [3.05, 3.63) is 0 Å². The first-order chi connectivity index (χ1) is 3.92. The van der Waals surface area contributed by atoms with Gasteiger partial charge >= 0.3 is 0 Å². The Hall–Kier alpha value is -0.660. The Bertz CT molecular complexity index is 160. The fourth-order valence-corrected chi connectivity index (χ4v) is 1.30. The second kappa shape index (κ2) is 1.19. The third-order valence-corrected chi connectivity index (χ3v) is 1.96. The Morgan fingerprint density at radius 1 is 1.75 bits per heavy atom. The van der Waals surface area contributed by atoms with Crippen molar-refractivity contribution in [3.63, 3.8) is 0 Å². The molecule has 0 unspecified atom stereocenters. The van der Waals surface area contributed by atoms with Crippen molar-refractivity contribution in [2.75, 3.05) is 6.54 Å². The molecule has 0 aromatic carbocycles. The molecule has 1 N–H and O–H groups in total. The topological polar surface area (TPSA) is 36.2 Å². The number of fused-ring (bicyclic) bond motifs is 1. The minimum absolute atomic E-state index is 0.701. The van der Waals surface area contributed by atoms with Gasteiger partial charge in [-0.05, 0) is 12.3 Å². The highest BCUT2D eigenvalue weighted by Crippen LogP contribution is 2.43. The van der Waals surface area contributed by atoms with Crippen LogP contribution in [0.3, 0.4) is 0 Å². The summed E-state index contributed by atoms with van der Waals surface area (Å²) in [4.78, 5) is 4.16. The van der Waals surface area contributed by atoms with Gasteiger partial charge in [-0.15, -0.1) is 0 Å². The van der Waals surface area contributed by atoms with Crippen molar-refractivity contribution in [1.29, 1.82) is 5.41 Å². The lowest BCUT2D eigenvalue weighted by Crippen LogP contribution is -1.97. The molecular weight excluding hydrogens is 100 g/mol. The molecule has 1 fully saturated rings. The van der Waals surface area contributed by atoms with Gasteiger partial charge in [0.1, 0.15) is 0 Å². The van der Waals surface area contributed by atoms with Crippen LogP contribution in [0.1, 0.15) is 6.42 Å². The normalized spacial score (nSPS) is 40.8. The van der Waals surface area contributed by atoms with Crippen LogP contribution in [0.4, 0.5) is 0 Å². The van der Waals surface area contributed by atoms with E-state index in [1.165, 1.54) is 12.6 Å². The lowest BCUT2D eigenvalue weighted by Gasteiger charge is -1.84. The molecule has 0 spiro atoms. The second-order valence-corrected chi connectivity index (χ2v) is 2.51. The minimum atomic E-state index is 0.701. The summed E-state index contributed by atoms with van der Waals surface area (Å²) in [6.07, 6.45) is 2.70. The molecule has 8 heavy (non-hydrogen) atoms. The van der Waals surface area contributed by atoms with E-state index in [4.69, 9.17) is 5.41 Å². The van der Waals surface area contributed by atoms with E-state index in [9.17, 15) is 0 Å². The molecular formula is C6H8N2. The molecule has 0 aromatic heterocycles. The third-order valence-electron chi connectivity index (χ3n) is 1.96. The molecule has 2 aliphatic rings. The van der Waals surface area contributed by atoms with Crippen LogP contribution in [0.25, 0.3) is 0 Å². The van der Waals surface area contributed by atoms with E-state index in [0.29, 0.717) is 5.92 Å². The fraction of sp³-hybridized carbons (Fsp3) is 0.667. The van der Waals surface area contributed by atoms with Gasteiger partial charge in [0, 0.05) is 18.7 Å². The predicted molar refractivity (Wildman–Crippen MR) is 32.7 cm³/mol. The molecule has 1 heterocycles. The lowest BCUT2D eigenvalue weighted by molar-refractivity contribution is 0.864. The number of rotatable bonds is 1. The van der Waals surface area contributed by atoms with Crippen LogP contribution in [-0.2, 0) is 0 Å². The highest BCUT2D eigenvalue weighted by molar-refractivity contribution is 6.32. The Balaban J connectivity index is 2.22. The maximum absolute atomic E-state index is 6.90. The fourth-order valence-electron chi connectivity index (χ4n) is 1.30. The van der Waals surface area contributed by atoms with Crippen molar-refractivity contribution in [2.45, 2.75) is 6.42 Å². The third kappa shape index (κ3) is 0.377. The molecule has 2 nitrogen and oxygen atoms in total. The zero-order valence-electron chi connectivity index (χ0n) is 4.59. The van der Waals surface area contributed by atoms with Gasteiger partial charge in [-0.3, -0.25) is 4.99 Å². The Morgan fingerprint density at radius 3 is 2.88 bits per heavy atom.